The van der Waals surface area contributed by atoms with Crippen molar-refractivity contribution in [3.05, 3.63) is 24.4 Å². The summed E-state index contributed by atoms with van der Waals surface area (Å²) < 4.78 is 0. The monoisotopic (exact) mass is 378 g/mol. The third kappa shape index (κ3) is 7.74. The maximum atomic E-state index is 12.8. The SMILES string of the molecule is CC(C)CC(CC(=O)NO)C(=O)NC(C(=O)Nc1ccccn1)C(C)(C)C. The van der Waals surface area contributed by atoms with E-state index in [1.54, 1.807) is 29.9 Å². The minimum absolute atomic E-state index is 0.154. The Labute approximate surface area is 160 Å². The quantitative estimate of drug-likeness (QED) is 0.408. The molecule has 2 atom stereocenters. The van der Waals surface area contributed by atoms with Crippen LogP contribution in [0.5, 0.6) is 0 Å². The minimum atomic E-state index is -0.821. The molecule has 0 radical (unpaired) electrons. The van der Waals surface area contributed by atoms with Gasteiger partial charge in [0.05, 0.1) is 0 Å². The van der Waals surface area contributed by atoms with Gasteiger partial charge in [0.1, 0.15) is 11.9 Å². The van der Waals surface area contributed by atoms with Crippen LogP contribution in [0.2, 0.25) is 0 Å². The summed E-state index contributed by atoms with van der Waals surface area (Å²) in [5.74, 6) is -1.51. The molecule has 0 saturated carbocycles. The molecule has 8 heteroatoms. The average Bonchev–Trinajstić information content (AvgIpc) is 2.58. The second-order valence-electron chi connectivity index (χ2n) is 8.08. The molecule has 0 aromatic carbocycles. The van der Waals surface area contributed by atoms with Gasteiger partial charge in [-0.05, 0) is 29.9 Å². The van der Waals surface area contributed by atoms with Gasteiger partial charge >= 0.3 is 0 Å². The van der Waals surface area contributed by atoms with E-state index in [0.29, 0.717) is 12.2 Å². The van der Waals surface area contributed by atoms with E-state index in [9.17, 15) is 14.4 Å². The minimum Gasteiger partial charge on any atom is -0.344 e. The zero-order chi connectivity index (χ0) is 20.6. The number of hydrogen-bond acceptors (Lipinski definition) is 5. The van der Waals surface area contributed by atoms with E-state index in [1.165, 1.54) is 0 Å². The van der Waals surface area contributed by atoms with Crippen LogP contribution >= 0.6 is 0 Å². The molecule has 4 N–H and O–H groups in total. The number of nitrogens with zero attached hydrogens (tertiary/aromatic N) is 1. The van der Waals surface area contributed by atoms with Crippen LogP contribution in [0.4, 0.5) is 5.82 Å². The molecule has 1 heterocycles. The smallest absolute Gasteiger partial charge is 0.248 e. The van der Waals surface area contributed by atoms with Crippen LogP contribution in [0.1, 0.15) is 47.5 Å². The zero-order valence-electron chi connectivity index (χ0n) is 16.6. The molecular formula is C19H30N4O4. The Kier molecular flexibility index (Phi) is 8.36. The highest BCUT2D eigenvalue weighted by Gasteiger charge is 2.35. The van der Waals surface area contributed by atoms with E-state index in [1.807, 2.05) is 34.6 Å². The number of hydroxylamine groups is 1. The fraction of sp³-hybridized carbons (Fsp3) is 0.579. The summed E-state index contributed by atoms with van der Waals surface area (Å²) in [5, 5.41) is 14.2. The summed E-state index contributed by atoms with van der Waals surface area (Å²) in [6.07, 6.45) is 1.86. The first-order valence-electron chi connectivity index (χ1n) is 8.99. The zero-order valence-corrected chi connectivity index (χ0v) is 16.6. The molecule has 1 rings (SSSR count). The van der Waals surface area contributed by atoms with Crippen molar-refractivity contribution in [2.24, 2.45) is 17.3 Å². The van der Waals surface area contributed by atoms with Crippen molar-refractivity contribution in [3.63, 3.8) is 0 Å². The Morgan fingerprint density at radius 2 is 1.81 bits per heavy atom. The van der Waals surface area contributed by atoms with Crippen molar-refractivity contribution in [3.8, 4) is 0 Å². The van der Waals surface area contributed by atoms with E-state index in [-0.39, 0.29) is 18.2 Å². The standard InChI is InChI=1S/C19H30N4O4/c1-12(2)10-13(11-15(24)23-27)17(25)22-16(19(3,4)5)18(26)21-14-8-6-7-9-20-14/h6-9,12-13,16,27H,10-11H2,1-5H3,(H,22,25)(H,23,24)(H,20,21,26). The summed E-state index contributed by atoms with van der Waals surface area (Å²) in [4.78, 5) is 41.1. The van der Waals surface area contributed by atoms with Crippen molar-refractivity contribution in [2.45, 2.75) is 53.5 Å². The van der Waals surface area contributed by atoms with E-state index >= 15 is 0 Å². The molecule has 8 nitrogen and oxygen atoms in total. The topological polar surface area (TPSA) is 120 Å². The summed E-state index contributed by atoms with van der Waals surface area (Å²) >= 11 is 0. The Morgan fingerprint density at radius 3 is 2.30 bits per heavy atom. The van der Waals surface area contributed by atoms with Gasteiger partial charge in [-0.25, -0.2) is 10.5 Å². The van der Waals surface area contributed by atoms with Crippen LogP contribution in [-0.4, -0.2) is 34.0 Å². The van der Waals surface area contributed by atoms with Crippen molar-refractivity contribution in [1.29, 1.82) is 0 Å². The van der Waals surface area contributed by atoms with Gasteiger partial charge in [0, 0.05) is 18.5 Å². The van der Waals surface area contributed by atoms with Gasteiger partial charge in [-0.2, -0.15) is 0 Å². The Balaban J connectivity index is 2.94. The lowest BCUT2D eigenvalue weighted by atomic mass is 9.85. The predicted molar refractivity (Wildman–Crippen MR) is 102 cm³/mol. The van der Waals surface area contributed by atoms with Crippen LogP contribution in [0, 0.1) is 17.3 Å². The van der Waals surface area contributed by atoms with Gasteiger partial charge < -0.3 is 10.6 Å². The molecule has 27 heavy (non-hydrogen) atoms. The summed E-state index contributed by atoms with van der Waals surface area (Å²) in [5.41, 5.74) is 0.997. The van der Waals surface area contributed by atoms with Gasteiger partial charge in [-0.1, -0.05) is 40.7 Å². The molecule has 3 amide bonds. The number of aromatic nitrogens is 1. The Bertz CT molecular complexity index is 641. The first-order valence-corrected chi connectivity index (χ1v) is 8.99. The van der Waals surface area contributed by atoms with Crippen molar-refractivity contribution in [1.82, 2.24) is 15.8 Å². The lowest BCUT2D eigenvalue weighted by Gasteiger charge is -2.31. The van der Waals surface area contributed by atoms with Crippen LogP contribution in [0.15, 0.2) is 24.4 Å². The highest BCUT2D eigenvalue weighted by Crippen LogP contribution is 2.23. The second kappa shape index (κ2) is 10.0. The summed E-state index contributed by atoms with van der Waals surface area (Å²) in [6.45, 7) is 9.40. The summed E-state index contributed by atoms with van der Waals surface area (Å²) in [7, 11) is 0. The number of nitrogens with one attached hydrogen (secondary N) is 3. The fourth-order valence-electron chi connectivity index (χ4n) is 2.69. The Morgan fingerprint density at radius 1 is 1.15 bits per heavy atom. The van der Waals surface area contributed by atoms with Crippen molar-refractivity contribution in [2.75, 3.05) is 5.32 Å². The lowest BCUT2D eigenvalue weighted by Crippen LogP contribution is -2.53. The van der Waals surface area contributed by atoms with Gasteiger partial charge in [0.25, 0.3) is 0 Å². The average molecular weight is 378 g/mol. The molecule has 0 aliphatic heterocycles. The maximum Gasteiger partial charge on any atom is 0.248 e. The van der Waals surface area contributed by atoms with Gasteiger partial charge in [0.15, 0.2) is 0 Å². The molecule has 0 saturated heterocycles. The van der Waals surface area contributed by atoms with E-state index < -0.39 is 29.2 Å². The van der Waals surface area contributed by atoms with E-state index in [4.69, 9.17) is 5.21 Å². The maximum absolute atomic E-state index is 12.8. The van der Waals surface area contributed by atoms with Gasteiger partial charge in [-0.3, -0.25) is 19.6 Å². The molecule has 0 bridgehead atoms. The van der Waals surface area contributed by atoms with Gasteiger partial charge in [0.2, 0.25) is 17.7 Å². The number of anilines is 1. The molecule has 150 valence electrons. The first kappa shape index (κ1) is 22.6. The number of carbonyl (C=O) groups excluding carboxylic acids is 3. The number of carbonyl (C=O) groups is 3. The molecule has 1 aromatic heterocycles. The van der Waals surface area contributed by atoms with Crippen LogP contribution in [0.3, 0.4) is 0 Å². The van der Waals surface area contributed by atoms with Crippen molar-refractivity contribution < 1.29 is 19.6 Å². The molecule has 0 aliphatic carbocycles. The normalized spacial score (nSPS) is 13.6. The number of amides is 3. The van der Waals surface area contributed by atoms with E-state index in [0.717, 1.165) is 0 Å². The Hall–Kier alpha value is -2.48. The van der Waals surface area contributed by atoms with Crippen LogP contribution in [-0.2, 0) is 14.4 Å². The molecule has 0 fully saturated rings. The fourth-order valence-corrected chi connectivity index (χ4v) is 2.69. The highest BCUT2D eigenvalue weighted by molar-refractivity contribution is 5.97. The summed E-state index contributed by atoms with van der Waals surface area (Å²) in [6, 6.07) is 4.33. The largest absolute Gasteiger partial charge is 0.344 e. The van der Waals surface area contributed by atoms with Crippen LogP contribution < -0.4 is 16.1 Å². The second-order valence-corrected chi connectivity index (χ2v) is 8.08. The molecule has 0 aliphatic rings. The number of rotatable bonds is 8. The third-order valence-corrected chi connectivity index (χ3v) is 4.01. The van der Waals surface area contributed by atoms with Gasteiger partial charge in [-0.15, -0.1) is 0 Å². The predicted octanol–water partition coefficient (Wildman–Crippen LogP) is 2.11. The third-order valence-electron chi connectivity index (χ3n) is 4.01. The molecule has 0 spiro atoms. The molecule has 2 unspecified atom stereocenters. The first-order chi connectivity index (χ1) is 12.5. The number of pyridine rings is 1. The highest BCUT2D eigenvalue weighted by atomic mass is 16.5. The van der Waals surface area contributed by atoms with Crippen molar-refractivity contribution >= 4 is 23.5 Å². The van der Waals surface area contributed by atoms with E-state index in [2.05, 4.69) is 15.6 Å². The lowest BCUT2D eigenvalue weighted by molar-refractivity contribution is -0.136. The number of hydrogen-bond donors (Lipinski definition) is 4. The van der Waals surface area contributed by atoms with Crippen LogP contribution in [0.25, 0.3) is 0 Å². The molecular weight excluding hydrogens is 348 g/mol. The molecule has 1 aromatic rings.